The molecule has 98 valence electrons. The van der Waals surface area contributed by atoms with Crippen LogP contribution in [0, 0.1) is 0 Å². The standard InChI is InChI=1S/C12H11N3O4/c1-19-10(17)6-14-8-4-2-3-7-11(8)15(12(14)18)5-9(16)13-7/h2-4H,5-6H2,1H3,(H,13,16). The van der Waals surface area contributed by atoms with E-state index in [2.05, 4.69) is 10.1 Å². The van der Waals surface area contributed by atoms with Crippen molar-refractivity contribution in [1.82, 2.24) is 9.13 Å². The molecule has 0 saturated carbocycles. The quantitative estimate of drug-likeness (QED) is 0.767. The van der Waals surface area contributed by atoms with E-state index in [1.54, 1.807) is 18.2 Å². The molecule has 0 radical (unpaired) electrons. The van der Waals surface area contributed by atoms with Gasteiger partial charge >= 0.3 is 11.7 Å². The molecular formula is C12H11N3O4. The van der Waals surface area contributed by atoms with Crippen molar-refractivity contribution in [3.63, 3.8) is 0 Å². The summed E-state index contributed by atoms with van der Waals surface area (Å²) in [4.78, 5) is 35.1. The SMILES string of the molecule is COC(=O)Cn1c(=O)n2c3c(cccc31)NC(=O)C2. The highest BCUT2D eigenvalue weighted by atomic mass is 16.5. The third kappa shape index (κ3) is 1.62. The van der Waals surface area contributed by atoms with Crippen molar-refractivity contribution in [2.24, 2.45) is 0 Å². The number of ether oxygens (including phenoxy) is 1. The zero-order valence-electron chi connectivity index (χ0n) is 10.2. The van der Waals surface area contributed by atoms with Crippen molar-refractivity contribution in [3.8, 4) is 0 Å². The maximum absolute atomic E-state index is 12.2. The van der Waals surface area contributed by atoms with Gasteiger partial charge in [-0.2, -0.15) is 0 Å². The summed E-state index contributed by atoms with van der Waals surface area (Å²) in [6, 6.07) is 5.18. The molecule has 1 aliphatic heterocycles. The van der Waals surface area contributed by atoms with Crippen molar-refractivity contribution in [3.05, 3.63) is 28.7 Å². The Balaban J connectivity index is 2.29. The Hall–Kier alpha value is -2.57. The summed E-state index contributed by atoms with van der Waals surface area (Å²) in [5, 5.41) is 2.70. The summed E-state index contributed by atoms with van der Waals surface area (Å²) in [5.41, 5.74) is 1.43. The predicted octanol–water partition coefficient (Wildman–Crippen LogP) is -0.0719. The summed E-state index contributed by atoms with van der Waals surface area (Å²) in [6.07, 6.45) is 0. The lowest BCUT2D eigenvalue weighted by atomic mass is 10.2. The van der Waals surface area contributed by atoms with Gasteiger partial charge in [-0.1, -0.05) is 6.07 Å². The number of nitrogens with zero attached hydrogens (tertiary/aromatic N) is 2. The van der Waals surface area contributed by atoms with Crippen LogP contribution in [0.25, 0.3) is 11.0 Å². The topological polar surface area (TPSA) is 82.3 Å². The monoisotopic (exact) mass is 261 g/mol. The lowest BCUT2D eigenvalue weighted by Crippen LogP contribution is -2.32. The van der Waals surface area contributed by atoms with Gasteiger partial charge in [0.25, 0.3) is 0 Å². The van der Waals surface area contributed by atoms with E-state index in [0.717, 1.165) is 0 Å². The number of carbonyl (C=O) groups excluding carboxylic acids is 2. The smallest absolute Gasteiger partial charge is 0.330 e. The first kappa shape index (κ1) is 11.5. The van der Waals surface area contributed by atoms with E-state index in [-0.39, 0.29) is 24.7 Å². The first-order chi connectivity index (χ1) is 9.11. The van der Waals surface area contributed by atoms with E-state index in [0.29, 0.717) is 16.7 Å². The highest BCUT2D eigenvalue weighted by Gasteiger charge is 2.23. The van der Waals surface area contributed by atoms with Gasteiger partial charge in [-0.15, -0.1) is 0 Å². The van der Waals surface area contributed by atoms with E-state index in [9.17, 15) is 14.4 Å². The van der Waals surface area contributed by atoms with Crippen LogP contribution in [0.3, 0.4) is 0 Å². The zero-order chi connectivity index (χ0) is 13.6. The number of nitrogens with one attached hydrogen (secondary N) is 1. The fourth-order valence-corrected chi connectivity index (χ4v) is 2.30. The van der Waals surface area contributed by atoms with Crippen LogP contribution in [-0.2, 0) is 27.4 Å². The summed E-state index contributed by atoms with van der Waals surface area (Å²) in [5.74, 6) is -0.761. The van der Waals surface area contributed by atoms with Gasteiger partial charge in [-0.3, -0.25) is 18.7 Å². The van der Waals surface area contributed by atoms with Gasteiger partial charge in [0.1, 0.15) is 13.1 Å². The van der Waals surface area contributed by atoms with Crippen molar-refractivity contribution in [1.29, 1.82) is 0 Å². The molecule has 0 aliphatic carbocycles. The molecule has 0 bridgehead atoms. The van der Waals surface area contributed by atoms with E-state index in [4.69, 9.17) is 0 Å². The van der Waals surface area contributed by atoms with E-state index < -0.39 is 5.97 Å². The summed E-state index contributed by atoms with van der Waals surface area (Å²) >= 11 is 0. The van der Waals surface area contributed by atoms with Crippen LogP contribution in [0.2, 0.25) is 0 Å². The molecule has 2 aromatic rings. The number of benzene rings is 1. The second kappa shape index (κ2) is 3.98. The number of imidazole rings is 1. The molecule has 1 aliphatic rings. The number of hydrogen-bond acceptors (Lipinski definition) is 4. The highest BCUT2D eigenvalue weighted by Crippen LogP contribution is 2.25. The average Bonchev–Trinajstić information content (AvgIpc) is 2.66. The molecule has 3 rings (SSSR count). The average molecular weight is 261 g/mol. The molecule has 0 atom stereocenters. The van der Waals surface area contributed by atoms with Crippen molar-refractivity contribution in [2.75, 3.05) is 12.4 Å². The first-order valence-corrected chi connectivity index (χ1v) is 5.70. The van der Waals surface area contributed by atoms with Crippen LogP contribution in [-0.4, -0.2) is 28.1 Å². The van der Waals surface area contributed by atoms with Gasteiger partial charge in [0, 0.05) is 0 Å². The Kier molecular flexibility index (Phi) is 2.41. The van der Waals surface area contributed by atoms with Crippen LogP contribution in [0.4, 0.5) is 5.69 Å². The molecule has 7 nitrogen and oxygen atoms in total. The van der Waals surface area contributed by atoms with Gasteiger partial charge < -0.3 is 10.1 Å². The predicted molar refractivity (Wildman–Crippen MR) is 66.8 cm³/mol. The second-order valence-corrected chi connectivity index (χ2v) is 4.25. The van der Waals surface area contributed by atoms with Gasteiger partial charge in [0.05, 0.1) is 23.8 Å². The molecule has 0 fully saturated rings. The molecule has 0 saturated heterocycles. The van der Waals surface area contributed by atoms with Gasteiger partial charge in [0.15, 0.2) is 0 Å². The minimum atomic E-state index is -0.509. The molecule has 2 heterocycles. The molecule has 1 aromatic heterocycles. The number of methoxy groups -OCH3 is 1. The number of aromatic nitrogens is 2. The Labute approximate surface area is 107 Å². The fraction of sp³-hybridized carbons (Fsp3) is 0.250. The van der Waals surface area contributed by atoms with E-state index in [1.807, 2.05) is 0 Å². The largest absolute Gasteiger partial charge is 0.468 e. The minimum absolute atomic E-state index is 0.0412. The van der Waals surface area contributed by atoms with E-state index >= 15 is 0 Å². The van der Waals surface area contributed by atoms with Crippen LogP contribution >= 0.6 is 0 Å². The van der Waals surface area contributed by atoms with Crippen molar-refractivity contribution in [2.45, 2.75) is 13.1 Å². The lowest BCUT2D eigenvalue weighted by Gasteiger charge is -2.14. The summed E-state index contributed by atoms with van der Waals surface area (Å²) < 4.78 is 7.26. The summed E-state index contributed by atoms with van der Waals surface area (Å²) in [6.45, 7) is -0.211. The molecule has 7 heteroatoms. The van der Waals surface area contributed by atoms with Crippen LogP contribution in [0.15, 0.2) is 23.0 Å². The Morgan fingerprint density at radius 1 is 1.42 bits per heavy atom. The van der Waals surface area contributed by atoms with Crippen molar-refractivity contribution < 1.29 is 14.3 Å². The number of rotatable bonds is 2. The van der Waals surface area contributed by atoms with Crippen LogP contribution < -0.4 is 11.0 Å². The maximum atomic E-state index is 12.2. The number of para-hydroxylation sites is 1. The normalized spacial score (nSPS) is 13.4. The number of amides is 1. The number of anilines is 1. The fourth-order valence-electron chi connectivity index (χ4n) is 2.30. The second-order valence-electron chi connectivity index (χ2n) is 4.25. The molecule has 19 heavy (non-hydrogen) atoms. The first-order valence-electron chi connectivity index (χ1n) is 5.70. The third-order valence-electron chi connectivity index (χ3n) is 3.13. The van der Waals surface area contributed by atoms with Crippen LogP contribution in [0.1, 0.15) is 0 Å². The molecular weight excluding hydrogens is 250 g/mol. The Morgan fingerprint density at radius 2 is 2.21 bits per heavy atom. The van der Waals surface area contributed by atoms with Crippen LogP contribution in [0.5, 0.6) is 0 Å². The molecule has 1 amide bonds. The number of esters is 1. The molecule has 0 spiro atoms. The zero-order valence-corrected chi connectivity index (χ0v) is 10.2. The lowest BCUT2D eigenvalue weighted by molar-refractivity contribution is -0.141. The van der Waals surface area contributed by atoms with Gasteiger partial charge in [-0.25, -0.2) is 4.79 Å². The van der Waals surface area contributed by atoms with Gasteiger partial charge in [-0.05, 0) is 12.1 Å². The Bertz CT molecular complexity index is 756. The highest BCUT2D eigenvalue weighted by molar-refractivity contribution is 6.03. The number of carbonyl (C=O) groups is 2. The van der Waals surface area contributed by atoms with E-state index in [1.165, 1.54) is 16.2 Å². The van der Waals surface area contributed by atoms with Crippen molar-refractivity contribution >= 4 is 28.6 Å². The minimum Gasteiger partial charge on any atom is -0.468 e. The van der Waals surface area contributed by atoms with Gasteiger partial charge in [0.2, 0.25) is 5.91 Å². The molecule has 1 N–H and O–H groups in total. The summed E-state index contributed by atoms with van der Waals surface area (Å²) in [7, 11) is 1.27. The molecule has 0 unspecified atom stereocenters. The molecule has 1 aromatic carbocycles. The third-order valence-corrected chi connectivity index (χ3v) is 3.13. The Morgan fingerprint density at radius 3 is 2.95 bits per heavy atom. The number of hydrogen-bond donors (Lipinski definition) is 1. The maximum Gasteiger partial charge on any atom is 0.330 e.